The summed E-state index contributed by atoms with van der Waals surface area (Å²) >= 11 is 0. The van der Waals surface area contributed by atoms with Crippen LogP contribution in [0.3, 0.4) is 0 Å². The molecule has 0 bridgehead atoms. The lowest BCUT2D eigenvalue weighted by atomic mass is 9.54. The molecule has 1 aromatic heterocycles. The van der Waals surface area contributed by atoms with Crippen molar-refractivity contribution in [3.8, 4) is 0 Å². The maximum absolute atomic E-state index is 12.4. The minimum Gasteiger partial charge on any atom is -0.453 e. The monoisotopic (exact) mass is 311 g/mol. The Morgan fingerprint density at radius 2 is 2.23 bits per heavy atom. The summed E-state index contributed by atoms with van der Waals surface area (Å²) in [7, 11) is 1.56. The molecule has 2 N–H and O–H groups in total. The summed E-state index contributed by atoms with van der Waals surface area (Å²) in [6, 6.07) is 3.32. The summed E-state index contributed by atoms with van der Waals surface area (Å²) in [4.78, 5) is 12.4. The maximum atomic E-state index is 12.4. The number of hydrogen-bond donors (Lipinski definition) is 2. The maximum Gasteiger partial charge on any atom is 0.287 e. The third-order valence-corrected chi connectivity index (χ3v) is 4.73. The van der Waals surface area contributed by atoms with E-state index in [0.29, 0.717) is 25.4 Å². The van der Waals surface area contributed by atoms with Crippen molar-refractivity contribution in [3.63, 3.8) is 0 Å². The number of furan rings is 1. The van der Waals surface area contributed by atoms with Crippen molar-refractivity contribution in [1.29, 1.82) is 0 Å². The summed E-state index contributed by atoms with van der Waals surface area (Å²) in [5, 5.41) is 12.7. The molecule has 0 radical (unpaired) electrons. The number of aliphatic hydroxyl groups is 1. The second-order valence-electron chi connectivity index (χ2n) is 6.26. The first kappa shape index (κ1) is 17.0. The summed E-state index contributed by atoms with van der Waals surface area (Å²) in [6.07, 6.45) is 0.604. The predicted octanol–water partition coefficient (Wildman–Crippen LogP) is 1.72. The summed E-state index contributed by atoms with van der Waals surface area (Å²) < 4.78 is 16.1. The van der Waals surface area contributed by atoms with Crippen molar-refractivity contribution in [1.82, 2.24) is 5.32 Å². The lowest BCUT2D eigenvalue weighted by molar-refractivity contribution is -0.172. The molecular weight excluding hydrogens is 286 g/mol. The molecule has 2 atom stereocenters. The van der Waals surface area contributed by atoms with E-state index < -0.39 is 5.54 Å². The van der Waals surface area contributed by atoms with Crippen LogP contribution in [0.1, 0.15) is 43.5 Å². The highest BCUT2D eigenvalue weighted by molar-refractivity contribution is 5.92. The number of nitrogens with one attached hydrogen (secondary N) is 1. The van der Waals surface area contributed by atoms with Crippen molar-refractivity contribution >= 4 is 5.91 Å². The second kappa shape index (κ2) is 6.40. The van der Waals surface area contributed by atoms with Gasteiger partial charge in [0.05, 0.1) is 18.2 Å². The standard InChI is InChI=1S/C16H25NO5/c1-5-21-13-8-16(10-18,15(13,2)3)17-14(19)12-7-6-11(22-12)9-20-4/h6-7,13,18H,5,8-10H2,1-4H3,(H,17,19)/t13-,16-/m1/s1. The van der Waals surface area contributed by atoms with Crippen molar-refractivity contribution in [2.75, 3.05) is 20.3 Å². The second-order valence-corrected chi connectivity index (χ2v) is 6.26. The molecule has 1 aliphatic rings. The molecule has 1 amide bonds. The predicted molar refractivity (Wildman–Crippen MR) is 80.5 cm³/mol. The van der Waals surface area contributed by atoms with Gasteiger partial charge >= 0.3 is 0 Å². The molecule has 0 aromatic carbocycles. The van der Waals surface area contributed by atoms with Crippen molar-refractivity contribution in [2.24, 2.45) is 5.41 Å². The molecule has 1 aliphatic carbocycles. The minimum atomic E-state index is -0.696. The van der Waals surface area contributed by atoms with Crippen LogP contribution in [-0.4, -0.2) is 43.0 Å². The van der Waals surface area contributed by atoms with E-state index in [1.54, 1.807) is 19.2 Å². The molecule has 2 rings (SSSR count). The van der Waals surface area contributed by atoms with E-state index in [0.717, 1.165) is 0 Å². The van der Waals surface area contributed by atoms with Gasteiger partial charge in [0.15, 0.2) is 5.76 Å². The number of ether oxygens (including phenoxy) is 2. The van der Waals surface area contributed by atoms with Crippen LogP contribution >= 0.6 is 0 Å². The van der Waals surface area contributed by atoms with Crippen molar-refractivity contribution in [2.45, 2.75) is 45.4 Å². The van der Waals surface area contributed by atoms with E-state index in [-0.39, 0.29) is 29.8 Å². The molecule has 1 aromatic rings. The van der Waals surface area contributed by atoms with Gasteiger partial charge in [-0.25, -0.2) is 0 Å². The van der Waals surface area contributed by atoms with E-state index >= 15 is 0 Å². The SMILES string of the molecule is CCO[C@@H]1C[C@](CO)(NC(=O)c2ccc(COC)o2)C1(C)C. The highest BCUT2D eigenvalue weighted by Gasteiger charge is 2.61. The fraction of sp³-hybridized carbons (Fsp3) is 0.688. The van der Waals surface area contributed by atoms with Gasteiger partial charge in [-0.2, -0.15) is 0 Å². The Hall–Kier alpha value is -1.37. The zero-order valence-electron chi connectivity index (χ0n) is 13.6. The molecule has 1 fully saturated rings. The van der Waals surface area contributed by atoms with Crippen LogP contribution < -0.4 is 5.32 Å². The number of carbonyl (C=O) groups is 1. The first-order valence-corrected chi connectivity index (χ1v) is 7.53. The molecule has 124 valence electrons. The van der Waals surface area contributed by atoms with Crippen LogP contribution in [0.25, 0.3) is 0 Å². The van der Waals surface area contributed by atoms with Gasteiger partial charge < -0.3 is 24.3 Å². The Balaban J connectivity index is 2.08. The first-order valence-electron chi connectivity index (χ1n) is 7.53. The number of rotatable bonds is 7. The molecule has 0 aliphatic heterocycles. The molecule has 22 heavy (non-hydrogen) atoms. The Morgan fingerprint density at radius 1 is 1.50 bits per heavy atom. The van der Waals surface area contributed by atoms with Gasteiger partial charge in [0, 0.05) is 25.6 Å². The lowest BCUT2D eigenvalue weighted by Gasteiger charge is -2.60. The van der Waals surface area contributed by atoms with Crippen LogP contribution in [0.4, 0.5) is 0 Å². The minimum absolute atomic E-state index is 0.0191. The van der Waals surface area contributed by atoms with Gasteiger partial charge in [0.25, 0.3) is 5.91 Å². The fourth-order valence-corrected chi connectivity index (χ4v) is 3.00. The van der Waals surface area contributed by atoms with Gasteiger partial charge in [0.2, 0.25) is 0 Å². The average molecular weight is 311 g/mol. The van der Waals surface area contributed by atoms with Gasteiger partial charge in [-0.3, -0.25) is 4.79 Å². The third-order valence-electron chi connectivity index (χ3n) is 4.73. The number of aliphatic hydroxyl groups excluding tert-OH is 1. The quantitative estimate of drug-likeness (QED) is 0.801. The van der Waals surface area contributed by atoms with Crippen LogP contribution in [0, 0.1) is 5.41 Å². The summed E-state index contributed by atoms with van der Waals surface area (Å²) in [5.74, 6) is 0.473. The van der Waals surface area contributed by atoms with E-state index in [4.69, 9.17) is 13.9 Å². The van der Waals surface area contributed by atoms with Crippen molar-refractivity contribution < 1.29 is 23.8 Å². The lowest BCUT2D eigenvalue weighted by Crippen LogP contribution is -2.74. The van der Waals surface area contributed by atoms with E-state index in [9.17, 15) is 9.90 Å². The Kier molecular flexibility index (Phi) is 4.94. The highest BCUT2D eigenvalue weighted by Crippen LogP contribution is 2.51. The fourth-order valence-electron chi connectivity index (χ4n) is 3.00. The third kappa shape index (κ3) is 2.78. The topological polar surface area (TPSA) is 80.9 Å². The van der Waals surface area contributed by atoms with Gasteiger partial charge in [-0.1, -0.05) is 13.8 Å². The average Bonchev–Trinajstić information content (AvgIpc) is 2.94. The number of amides is 1. The van der Waals surface area contributed by atoms with E-state index in [1.165, 1.54) is 0 Å². The molecule has 6 nitrogen and oxygen atoms in total. The highest BCUT2D eigenvalue weighted by atomic mass is 16.5. The number of hydrogen-bond acceptors (Lipinski definition) is 5. The molecule has 1 saturated carbocycles. The molecule has 0 saturated heterocycles. The normalized spacial score (nSPS) is 26.5. The van der Waals surface area contributed by atoms with E-state index in [1.807, 2.05) is 20.8 Å². The number of carbonyl (C=O) groups excluding carboxylic acids is 1. The molecule has 1 heterocycles. The Morgan fingerprint density at radius 3 is 2.77 bits per heavy atom. The summed E-state index contributed by atoms with van der Waals surface area (Å²) in [6.45, 7) is 6.71. The summed E-state index contributed by atoms with van der Waals surface area (Å²) in [5.41, 5.74) is -1.05. The van der Waals surface area contributed by atoms with Crippen LogP contribution in [0.2, 0.25) is 0 Å². The van der Waals surface area contributed by atoms with Crippen LogP contribution in [0.15, 0.2) is 16.5 Å². The molecule has 0 unspecified atom stereocenters. The Labute approximate surface area is 130 Å². The first-order chi connectivity index (χ1) is 10.4. The van der Waals surface area contributed by atoms with Gasteiger partial charge in [-0.05, 0) is 19.1 Å². The largest absolute Gasteiger partial charge is 0.453 e. The van der Waals surface area contributed by atoms with Crippen LogP contribution in [-0.2, 0) is 16.1 Å². The zero-order chi connectivity index (χ0) is 16.4. The van der Waals surface area contributed by atoms with Gasteiger partial charge in [-0.15, -0.1) is 0 Å². The molecule has 6 heteroatoms. The molecule has 0 spiro atoms. The van der Waals surface area contributed by atoms with Crippen molar-refractivity contribution in [3.05, 3.63) is 23.7 Å². The van der Waals surface area contributed by atoms with Crippen LogP contribution in [0.5, 0.6) is 0 Å². The Bertz CT molecular complexity index is 524. The smallest absolute Gasteiger partial charge is 0.287 e. The van der Waals surface area contributed by atoms with Gasteiger partial charge in [0.1, 0.15) is 12.4 Å². The zero-order valence-corrected chi connectivity index (χ0v) is 13.6. The molecular formula is C16H25NO5. The number of methoxy groups -OCH3 is 1. The van der Waals surface area contributed by atoms with E-state index in [2.05, 4.69) is 5.32 Å².